The highest BCUT2D eigenvalue weighted by Crippen LogP contribution is 2.17. The lowest BCUT2D eigenvalue weighted by atomic mass is 10.1. The van der Waals surface area contributed by atoms with E-state index in [1.165, 1.54) is 35.6 Å². The standard InChI is InChI=1S/C19H24ClN5O4S2/c1-13-12-30-19(21-13)10-17(26)22-23-18(27)11-25-8-6-15(7-9-25)24-31(28,29)16-4-2-14(20)3-5-16/h2-5,12,15,24H,6-11H2,1H3,(H,22,26)(H,23,27). The summed E-state index contributed by atoms with van der Waals surface area (Å²) in [5, 5.41) is 3.02. The van der Waals surface area contributed by atoms with E-state index in [-0.39, 0.29) is 35.7 Å². The zero-order valence-corrected chi connectivity index (χ0v) is 19.3. The van der Waals surface area contributed by atoms with Gasteiger partial charge in [0.15, 0.2) is 0 Å². The summed E-state index contributed by atoms with van der Waals surface area (Å²) >= 11 is 7.21. The number of likely N-dealkylation sites (tertiary alicyclic amines) is 1. The molecule has 31 heavy (non-hydrogen) atoms. The van der Waals surface area contributed by atoms with Crippen molar-refractivity contribution >= 4 is 44.8 Å². The van der Waals surface area contributed by atoms with E-state index in [1.54, 1.807) is 0 Å². The van der Waals surface area contributed by atoms with Crippen molar-refractivity contribution < 1.29 is 18.0 Å². The first kappa shape index (κ1) is 23.6. The Morgan fingerprint density at radius 1 is 1.16 bits per heavy atom. The van der Waals surface area contributed by atoms with Gasteiger partial charge in [-0.15, -0.1) is 11.3 Å². The maximum absolute atomic E-state index is 12.5. The molecular formula is C19H24ClN5O4S2. The number of aryl methyl sites for hydroxylation is 1. The fourth-order valence-electron chi connectivity index (χ4n) is 3.16. The predicted molar refractivity (Wildman–Crippen MR) is 118 cm³/mol. The second kappa shape index (κ2) is 10.5. The molecule has 0 aliphatic carbocycles. The lowest BCUT2D eigenvalue weighted by Gasteiger charge is -2.31. The van der Waals surface area contributed by atoms with E-state index in [0.29, 0.717) is 36.0 Å². The third-order valence-electron chi connectivity index (χ3n) is 4.72. The van der Waals surface area contributed by atoms with Crippen LogP contribution in [0.3, 0.4) is 0 Å². The molecule has 0 bridgehead atoms. The van der Waals surface area contributed by atoms with Gasteiger partial charge < -0.3 is 0 Å². The quantitative estimate of drug-likeness (QED) is 0.507. The fourth-order valence-corrected chi connectivity index (χ4v) is 5.36. The number of halogens is 1. The third kappa shape index (κ3) is 7.25. The number of rotatable bonds is 7. The van der Waals surface area contributed by atoms with Crippen LogP contribution in [0, 0.1) is 6.92 Å². The Morgan fingerprint density at radius 3 is 2.42 bits per heavy atom. The lowest BCUT2D eigenvalue weighted by molar-refractivity contribution is -0.129. The number of hydrazine groups is 1. The van der Waals surface area contributed by atoms with Crippen LogP contribution in [0.15, 0.2) is 34.5 Å². The molecule has 1 saturated heterocycles. The van der Waals surface area contributed by atoms with Gasteiger partial charge in [0.2, 0.25) is 15.9 Å². The van der Waals surface area contributed by atoms with E-state index in [2.05, 4.69) is 20.6 Å². The first-order valence-electron chi connectivity index (χ1n) is 9.70. The number of carbonyl (C=O) groups is 2. The molecule has 1 aromatic carbocycles. The third-order valence-corrected chi connectivity index (χ3v) is 7.48. The van der Waals surface area contributed by atoms with Crippen molar-refractivity contribution in [3.05, 3.63) is 45.4 Å². The molecule has 1 aliphatic heterocycles. The number of hydrogen-bond donors (Lipinski definition) is 3. The van der Waals surface area contributed by atoms with Gasteiger partial charge in [-0.25, -0.2) is 18.1 Å². The van der Waals surface area contributed by atoms with Crippen molar-refractivity contribution in [2.75, 3.05) is 19.6 Å². The summed E-state index contributed by atoms with van der Waals surface area (Å²) in [6.45, 7) is 3.10. The highest BCUT2D eigenvalue weighted by atomic mass is 35.5. The summed E-state index contributed by atoms with van der Waals surface area (Å²) in [7, 11) is -3.62. The number of aromatic nitrogens is 1. The molecule has 1 aromatic heterocycles. The number of nitrogens with zero attached hydrogens (tertiary/aromatic N) is 2. The molecule has 9 nitrogen and oxygen atoms in total. The molecule has 0 atom stereocenters. The number of nitrogens with one attached hydrogen (secondary N) is 3. The Labute approximate surface area is 190 Å². The van der Waals surface area contributed by atoms with Gasteiger partial charge in [0, 0.05) is 35.2 Å². The van der Waals surface area contributed by atoms with Crippen LogP contribution in [-0.4, -0.2) is 55.8 Å². The van der Waals surface area contributed by atoms with E-state index in [4.69, 9.17) is 11.6 Å². The molecular weight excluding hydrogens is 462 g/mol. The maximum atomic E-state index is 12.5. The Kier molecular flexibility index (Phi) is 8.00. The minimum Gasteiger partial charge on any atom is -0.294 e. The van der Waals surface area contributed by atoms with Crippen molar-refractivity contribution in [2.24, 2.45) is 0 Å². The first-order chi connectivity index (χ1) is 14.7. The van der Waals surface area contributed by atoms with E-state index in [9.17, 15) is 18.0 Å². The van der Waals surface area contributed by atoms with Crippen LogP contribution in [0.5, 0.6) is 0 Å². The average molecular weight is 486 g/mol. The topological polar surface area (TPSA) is 120 Å². The van der Waals surface area contributed by atoms with Crippen molar-refractivity contribution in [3.63, 3.8) is 0 Å². The van der Waals surface area contributed by atoms with Crippen LogP contribution in [0.25, 0.3) is 0 Å². The van der Waals surface area contributed by atoms with Crippen molar-refractivity contribution in [2.45, 2.75) is 37.1 Å². The molecule has 0 radical (unpaired) electrons. The second-order valence-electron chi connectivity index (χ2n) is 7.28. The summed E-state index contributed by atoms with van der Waals surface area (Å²) in [6.07, 6.45) is 1.27. The number of amides is 2. The van der Waals surface area contributed by atoms with Crippen molar-refractivity contribution in [3.8, 4) is 0 Å². The van der Waals surface area contributed by atoms with Gasteiger partial charge in [-0.05, 0) is 44.0 Å². The summed E-state index contributed by atoms with van der Waals surface area (Å²) in [5.41, 5.74) is 5.66. The van der Waals surface area contributed by atoms with E-state index < -0.39 is 10.0 Å². The molecule has 0 saturated carbocycles. The summed E-state index contributed by atoms with van der Waals surface area (Å²) in [4.78, 5) is 30.3. The van der Waals surface area contributed by atoms with Gasteiger partial charge in [-0.3, -0.25) is 25.3 Å². The van der Waals surface area contributed by atoms with Gasteiger partial charge >= 0.3 is 0 Å². The van der Waals surface area contributed by atoms with E-state index >= 15 is 0 Å². The number of sulfonamides is 1. The molecule has 0 spiro atoms. The number of carbonyl (C=O) groups excluding carboxylic acids is 2. The number of piperidine rings is 1. The highest BCUT2D eigenvalue weighted by Gasteiger charge is 2.25. The molecule has 1 fully saturated rings. The molecule has 2 aromatic rings. The first-order valence-corrected chi connectivity index (χ1v) is 12.4. The summed E-state index contributed by atoms with van der Waals surface area (Å²) in [5.74, 6) is -0.665. The number of benzene rings is 1. The van der Waals surface area contributed by atoms with Crippen LogP contribution in [0.1, 0.15) is 23.5 Å². The fraction of sp³-hybridized carbons (Fsp3) is 0.421. The molecule has 1 aliphatic rings. The van der Waals surface area contributed by atoms with Gasteiger partial charge in [0.05, 0.1) is 17.9 Å². The Morgan fingerprint density at radius 2 is 1.81 bits per heavy atom. The van der Waals surface area contributed by atoms with Crippen LogP contribution < -0.4 is 15.6 Å². The Balaban J connectivity index is 1.38. The molecule has 2 heterocycles. The molecule has 3 rings (SSSR count). The average Bonchev–Trinajstić information content (AvgIpc) is 3.12. The summed E-state index contributed by atoms with van der Waals surface area (Å²) < 4.78 is 27.7. The van der Waals surface area contributed by atoms with Gasteiger partial charge in [-0.1, -0.05) is 11.6 Å². The van der Waals surface area contributed by atoms with Crippen LogP contribution in [0.2, 0.25) is 5.02 Å². The zero-order chi connectivity index (χ0) is 22.4. The van der Waals surface area contributed by atoms with Gasteiger partial charge in [0.25, 0.3) is 5.91 Å². The molecule has 168 valence electrons. The van der Waals surface area contributed by atoms with Crippen molar-refractivity contribution in [1.82, 2.24) is 25.5 Å². The summed E-state index contributed by atoms with van der Waals surface area (Å²) in [6, 6.07) is 5.80. The molecule has 3 N–H and O–H groups in total. The van der Waals surface area contributed by atoms with Crippen LogP contribution in [-0.2, 0) is 26.0 Å². The Bertz CT molecular complexity index is 1020. The van der Waals surface area contributed by atoms with Crippen LogP contribution in [0.4, 0.5) is 0 Å². The molecule has 0 unspecified atom stereocenters. The lowest BCUT2D eigenvalue weighted by Crippen LogP contribution is -2.50. The zero-order valence-electron chi connectivity index (χ0n) is 16.9. The molecule has 12 heteroatoms. The normalized spacial score (nSPS) is 15.5. The smallest absolute Gasteiger partial charge is 0.252 e. The SMILES string of the molecule is Cc1csc(CC(=O)NNC(=O)CN2CCC(NS(=O)(=O)c3ccc(Cl)cc3)CC2)n1. The van der Waals surface area contributed by atoms with Crippen molar-refractivity contribution in [1.29, 1.82) is 0 Å². The predicted octanol–water partition coefficient (Wildman–Crippen LogP) is 1.24. The monoisotopic (exact) mass is 485 g/mol. The van der Waals surface area contributed by atoms with E-state index in [1.807, 2.05) is 17.2 Å². The second-order valence-corrected chi connectivity index (χ2v) is 10.4. The molecule has 2 amide bonds. The van der Waals surface area contributed by atoms with E-state index in [0.717, 1.165) is 5.69 Å². The minimum absolute atomic E-state index is 0.109. The maximum Gasteiger partial charge on any atom is 0.252 e. The number of hydrogen-bond acceptors (Lipinski definition) is 7. The number of thiazole rings is 1. The highest BCUT2D eigenvalue weighted by molar-refractivity contribution is 7.89. The van der Waals surface area contributed by atoms with Crippen LogP contribution >= 0.6 is 22.9 Å². The minimum atomic E-state index is -3.62. The van der Waals surface area contributed by atoms with Gasteiger partial charge in [0.1, 0.15) is 5.01 Å². The van der Waals surface area contributed by atoms with Gasteiger partial charge in [-0.2, -0.15) is 0 Å². The largest absolute Gasteiger partial charge is 0.294 e. The Hall–Kier alpha value is -2.05.